The Bertz CT molecular complexity index is 654. The lowest BCUT2D eigenvalue weighted by molar-refractivity contribution is 0.410. The first kappa shape index (κ1) is 15.8. The van der Waals surface area contributed by atoms with E-state index in [4.69, 9.17) is 17.3 Å². The maximum absolute atomic E-state index is 6.32. The first-order valence-corrected chi connectivity index (χ1v) is 8.72. The molecule has 0 spiro atoms. The van der Waals surface area contributed by atoms with Crippen molar-refractivity contribution in [3.8, 4) is 11.1 Å². The molecule has 0 radical (unpaired) electrons. The molecule has 1 aromatic carbocycles. The maximum atomic E-state index is 6.32. The second kappa shape index (κ2) is 6.99. The molecular weight excluding hydrogens is 362 g/mol. The molecule has 1 saturated carbocycles. The van der Waals surface area contributed by atoms with E-state index < -0.39 is 0 Å². The molecule has 1 aliphatic rings. The molecule has 0 amide bonds. The monoisotopic (exact) mass is 379 g/mol. The molecular formula is C17H19BrClN3. The van der Waals surface area contributed by atoms with Crippen molar-refractivity contribution in [2.45, 2.75) is 37.8 Å². The number of halogens is 2. The summed E-state index contributed by atoms with van der Waals surface area (Å²) in [7, 11) is 0. The van der Waals surface area contributed by atoms with E-state index in [1.54, 1.807) is 6.20 Å². The van der Waals surface area contributed by atoms with Gasteiger partial charge in [-0.1, -0.05) is 39.7 Å². The standard InChI is InChI=1S/C17H19BrClN3/c18-12-3-1-2-11(8-12)15-9-17(21-10-16(15)19)22-14-6-4-13(20)5-7-14/h1-3,8-10,13-14H,4-7,20H2,(H,21,22). The van der Waals surface area contributed by atoms with Crippen LogP contribution < -0.4 is 11.1 Å². The van der Waals surface area contributed by atoms with Crippen LogP contribution in [0.1, 0.15) is 25.7 Å². The van der Waals surface area contributed by atoms with E-state index in [2.05, 4.69) is 38.4 Å². The molecule has 0 atom stereocenters. The first-order valence-electron chi connectivity index (χ1n) is 7.55. The fraction of sp³-hybridized carbons (Fsp3) is 0.353. The Morgan fingerprint density at radius 3 is 2.68 bits per heavy atom. The van der Waals surface area contributed by atoms with Crippen molar-refractivity contribution in [2.75, 3.05) is 5.32 Å². The predicted molar refractivity (Wildman–Crippen MR) is 96.2 cm³/mol. The Morgan fingerprint density at radius 2 is 1.95 bits per heavy atom. The predicted octanol–water partition coefficient (Wildman–Crippen LogP) is 4.85. The molecule has 3 rings (SSSR count). The average Bonchev–Trinajstić information content (AvgIpc) is 2.51. The van der Waals surface area contributed by atoms with Crippen LogP contribution in [0.4, 0.5) is 5.82 Å². The van der Waals surface area contributed by atoms with Crippen LogP contribution in [-0.2, 0) is 0 Å². The van der Waals surface area contributed by atoms with Crippen LogP contribution in [-0.4, -0.2) is 17.1 Å². The number of nitrogens with one attached hydrogen (secondary N) is 1. The summed E-state index contributed by atoms with van der Waals surface area (Å²) in [6.45, 7) is 0. The zero-order valence-corrected chi connectivity index (χ0v) is 14.6. The molecule has 0 unspecified atom stereocenters. The minimum atomic E-state index is 0.355. The molecule has 0 saturated heterocycles. The van der Waals surface area contributed by atoms with Crippen molar-refractivity contribution < 1.29 is 0 Å². The second-order valence-corrected chi connectivity index (χ2v) is 7.14. The van der Waals surface area contributed by atoms with Crippen LogP contribution in [0.5, 0.6) is 0 Å². The number of benzene rings is 1. The van der Waals surface area contributed by atoms with Gasteiger partial charge in [0, 0.05) is 28.3 Å². The van der Waals surface area contributed by atoms with Crippen molar-refractivity contribution in [1.29, 1.82) is 0 Å². The van der Waals surface area contributed by atoms with E-state index in [1.807, 2.05) is 18.2 Å². The van der Waals surface area contributed by atoms with Crippen LogP contribution >= 0.6 is 27.5 Å². The molecule has 1 aliphatic carbocycles. The summed E-state index contributed by atoms with van der Waals surface area (Å²) in [6, 6.07) is 10.9. The molecule has 0 aliphatic heterocycles. The lowest BCUT2D eigenvalue weighted by Crippen LogP contribution is -2.33. The molecule has 116 valence electrons. The summed E-state index contributed by atoms with van der Waals surface area (Å²) in [6.07, 6.45) is 6.05. The van der Waals surface area contributed by atoms with Gasteiger partial charge < -0.3 is 11.1 Å². The van der Waals surface area contributed by atoms with Gasteiger partial charge in [0.2, 0.25) is 0 Å². The Balaban J connectivity index is 1.81. The Labute approximate surface area is 144 Å². The van der Waals surface area contributed by atoms with Crippen molar-refractivity contribution in [2.24, 2.45) is 5.73 Å². The van der Waals surface area contributed by atoms with Crippen LogP contribution in [0, 0.1) is 0 Å². The van der Waals surface area contributed by atoms with Gasteiger partial charge in [-0.15, -0.1) is 0 Å². The van der Waals surface area contributed by atoms with Gasteiger partial charge in [0.25, 0.3) is 0 Å². The summed E-state index contributed by atoms with van der Waals surface area (Å²) >= 11 is 9.82. The number of hydrogen-bond acceptors (Lipinski definition) is 3. The smallest absolute Gasteiger partial charge is 0.126 e. The summed E-state index contributed by atoms with van der Waals surface area (Å²) in [5, 5.41) is 4.18. The minimum Gasteiger partial charge on any atom is -0.367 e. The Kier molecular flexibility index (Phi) is 5.01. The number of nitrogens with two attached hydrogens (primary N) is 1. The molecule has 22 heavy (non-hydrogen) atoms. The molecule has 5 heteroatoms. The van der Waals surface area contributed by atoms with Crippen LogP contribution in [0.3, 0.4) is 0 Å². The molecule has 0 bridgehead atoms. The van der Waals surface area contributed by atoms with Crippen molar-refractivity contribution in [1.82, 2.24) is 4.98 Å². The highest BCUT2D eigenvalue weighted by Gasteiger charge is 2.19. The van der Waals surface area contributed by atoms with E-state index in [1.165, 1.54) is 0 Å². The van der Waals surface area contributed by atoms with E-state index in [-0.39, 0.29) is 0 Å². The summed E-state index contributed by atoms with van der Waals surface area (Å²) in [5.74, 6) is 0.875. The number of hydrogen-bond donors (Lipinski definition) is 2. The average molecular weight is 381 g/mol. The van der Waals surface area contributed by atoms with E-state index in [0.29, 0.717) is 17.1 Å². The van der Waals surface area contributed by atoms with Gasteiger partial charge in [-0.3, -0.25) is 0 Å². The lowest BCUT2D eigenvalue weighted by Gasteiger charge is -2.27. The van der Waals surface area contributed by atoms with E-state index >= 15 is 0 Å². The molecule has 1 fully saturated rings. The molecule has 1 heterocycles. The van der Waals surface area contributed by atoms with Gasteiger partial charge in [-0.2, -0.15) is 0 Å². The van der Waals surface area contributed by atoms with Gasteiger partial charge in [0.15, 0.2) is 0 Å². The number of pyridine rings is 1. The van der Waals surface area contributed by atoms with Crippen LogP contribution in [0.15, 0.2) is 41.0 Å². The summed E-state index contributed by atoms with van der Waals surface area (Å²) < 4.78 is 1.04. The van der Waals surface area contributed by atoms with Gasteiger partial charge >= 0.3 is 0 Å². The fourth-order valence-corrected chi connectivity index (χ4v) is 3.48. The number of aromatic nitrogens is 1. The third-order valence-corrected chi connectivity index (χ3v) is 4.91. The molecule has 3 N–H and O–H groups in total. The quantitative estimate of drug-likeness (QED) is 0.800. The molecule has 3 nitrogen and oxygen atoms in total. The highest BCUT2D eigenvalue weighted by Crippen LogP contribution is 2.31. The Morgan fingerprint density at radius 1 is 1.18 bits per heavy atom. The highest BCUT2D eigenvalue weighted by molar-refractivity contribution is 9.10. The number of rotatable bonds is 3. The Hall–Kier alpha value is -1.10. The van der Waals surface area contributed by atoms with Crippen molar-refractivity contribution in [3.05, 3.63) is 46.0 Å². The zero-order valence-electron chi connectivity index (χ0n) is 12.2. The maximum Gasteiger partial charge on any atom is 0.126 e. The fourth-order valence-electron chi connectivity index (χ4n) is 2.87. The number of anilines is 1. The highest BCUT2D eigenvalue weighted by atomic mass is 79.9. The van der Waals surface area contributed by atoms with Gasteiger partial charge in [0.1, 0.15) is 5.82 Å². The van der Waals surface area contributed by atoms with Gasteiger partial charge in [-0.25, -0.2) is 4.98 Å². The second-order valence-electron chi connectivity index (χ2n) is 5.82. The topological polar surface area (TPSA) is 50.9 Å². The third kappa shape index (κ3) is 3.80. The van der Waals surface area contributed by atoms with E-state index in [9.17, 15) is 0 Å². The van der Waals surface area contributed by atoms with Crippen molar-refractivity contribution >= 4 is 33.3 Å². The third-order valence-electron chi connectivity index (χ3n) is 4.11. The molecule has 1 aromatic heterocycles. The first-order chi connectivity index (χ1) is 10.6. The number of nitrogens with zero attached hydrogens (tertiary/aromatic N) is 1. The minimum absolute atomic E-state index is 0.355. The molecule has 2 aromatic rings. The lowest BCUT2D eigenvalue weighted by atomic mass is 9.92. The van der Waals surface area contributed by atoms with E-state index in [0.717, 1.165) is 47.1 Å². The summed E-state index contributed by atoms with van der Waals surface area (Å²) in [5.41, 5.74) is 8.03. The van der Waals surface area contributed by atoms with Crippen LogP contribution in [0.2, 0.25) is 5.02 Å². The normalized spacial score (nSPS) is 21.6. The SMILES string of the molecule is NC1CCC(Nc2cc(-c3cccc(Br)c3)c(Cl)cn2)CC1. The summed E-state index contributed by atoms with van der Waals surface area (Å²) in [4.78, 5) is 4.41. The van der Waals surface area contributed by atoms with Crippen LogP contribution in [0.25, 0.3) is 11.1 Å². The largest absolute Gasteiger partial charge is 0.367 e. The zero-order chi connectivity index (χ0) is 15.5. The van der Waals surface area contributed by atoms with Gasteiger partial charge in [0.05, 0.1) is 5.02 Å². The van der Waals surface area contributed by atoms with Crippen molar-refractivity contribution in [3.63, 3.8) is 0 Å². The van der Waals surface area contributed by atoms with Gasteiger partial charge in [-0.05, 0) is 49.4 Å².